The van der Waals surface area contributed by atoms with Gasteiger partial charge in [-0.15, -0.1) is 0 Å². The summed E-state index contributed by atoms with van der Waals surface area (Å²) in [5, 5.41) is 8.57. The van der Waals surface area contributed by atoms with E-state index in [-0.39, 0.29) is 13.2 Å². The van der Waals surface area contributed by atoms with Crippen LogP contribution in [0.3, 0.4) is 0 Å². The molecular weight excluding hydrogens is 146 g/mol. The van der Waals surface area contributed by atoms with Crippen LogP contribution in [0.25, 0.3) is 0 Å². The Kier molecular flexibility index (Phi) is 4.07. The fraction of sp³-hybridized carbons (Fsp3) is 0.857. The van der Waals surface area contributed by atoms with Gasteiger partial charge >= 0.3 is 0 Å². The van der Waals surface area contributed by atoms with Crippen molar-refractivity contribution in [1.29, 1.82) is 0 Å². The first kappa shape index (κ1) is 10.4. The van der Waals surface area contributed by atoms with Gasteiger partial charge in [0.05, 0.1) is 5.60 Å². The quantitative estimate of drug-likeness (QED) is 0.578. The Balaban J connectivity index is 3.63. The zero-order valence-corrected chi connectivity index (χ0v) is 6.96. The van der Waals surface area contributed by atoms with E-state index in [1.165, 1.54) is 0 Å². The summed E-state index contributed by atoms with van der Waals surface area (Å²) >= 11 is 0. The van der Waals surface area contributed by atoms with Crippen LogP contribution in [0.1, 0.15) is 20.3 Å². The van der Waals surface area contributed by atoms with Crippen molar-refractivity contribution >= 4 is 5.91 Å². The molecule has 0 radical (unpaired) electrons. The molecule has 0 bridgehead atoms. The molecule has 4 nitrogen and oxygen atoms in total. The molecule has 0 aliphatic heterocycles. The number of carbonyl (C=O) groups is 1. The number of nitrogens with two attached hydrogens (primary N) is 1. The predicted molar refractivity (Wildman–Crippen MR) is 40.9 cm³/mol. The van der Waals surface area contributed by atoms with Crippen LogP contribution in [-0.4, -0.2) is 29.8 Å². The van der Waals surface area contributed by atoms with Crippen LogP contribution in [-0.2, 0) is 9.53 Å². The van der Waals surface area contributed by atoms with Crippen LogP contribution in [0.5, 0.6) is 0 Å². The van der Waals surface area contributed by atoms with Crippen molar-refractivity contribution in [3.63, 3.8) is 0 Å². The van der Waals surface area contributed by atoms with E-state index in [2.05, 4.69) is 0 Å². The van der Waals surface area contributed by atoms with Gasteiger partial charge in [-0.1, -0.05) is 0 Å². The van der Waals surface area contributed by atoms with Crippen LogP contribution in [0, 0.1) is 0 Å². The summed E-state index contributed by atoms with van der Waals surface area (Å²) in [4.78, 5) is 10.3. The lowest BCUT2D eigenvalue weighted by Gasteiger charge is -2.23. The second-order valence-electron chi connectivity index (χ2n) is 2.99. The van der Waals surface area contributed by atoms with Crippen molar-refractivity contribution in [3.8, 4) is 0 Å². The van der Waals surface area contributed by atoms with Crippen molar-refractivity contribution in [2.24, 2.45) is 5.73 Å². The van der Waals surface area contributed by atoms with Gasteiger partial charge in [0.1, 0.15) is 6.61 Å². The lowest BCUT2D eigenvalue weighted by molar-refractivity contribution is -0.129. The molecule has 0 spiro atoms. The molecule has 1 amide bonds. The first-order valence-electron chi connectivity index (χ1n) is 3.51. The Morgan fingerprint density at radius 1 is 1.64 bits per heavy atom. The van der Waals surface area contributed by atoms with E-state index >= 15 is 0 Å². The number of carbonyl (C=O) groups excluding carboxylic acids is 1. The monoisotopic (exact) mass is 161 g/mol. The van der Waals surface area contributed by atoms with E-state index in [9.17, 15) is 4.79 Å². The molecule has 0 saturated heterocycles. The van der Waals surface area contributed by atoms with E-state index in [4.69, 9.17) is 15.6 Å². The van der Waals surface area contributed by atoms with Crippen LogP contribution in [0.4, 0.5) is 0 Å². The van der Waals surface area contributed by atoms with Gasteiger partial charge in [0, 0.05) is 6.61 Å². The van der Waals surface area contributed by atoms with E-state index < -0.39 is 11.5 Å². The minimum atomic E-state index is -0.490. The predicted octanol–water partition coefficient (Wildman–Crippen LogP) is -0.351. The average Bonchev–Trinajstić information content (AvgIpc) is 1.84. The third-order valence-electron chi connectivity index (χ3n) is 1.32. The summed E-state index contributed by atoms with van der Waals surface area (Å²) in [5.74, 6) is -0.490. The van der Waals surface area contributed by atoms with Gasteiger partial charge in [0.25, 0.3) is 0 Å². The normalized spacial score (nSPS) is 11.5. The molecule has 0 saturated carbocycles. The summed E-state index contributed by atoms with van der Waals surface area (Å²) in [6.07, 6.45) is 0.500. The molecule has 0 aromatic rings. The number of aliphatic hydroxyl groups is 1. The second-order valence-corrected chi connectivity index (χ2v) is 2.99. The number of amides is 1. The van der Waals surface area contributed by atoms with E-state index in [1.807, 2.05) is 0 Å². The van der Waals surface area contributed by atoms with Crippen molar-refractivity contribution in [1.82, 2.24) is 0 Å². The zero-order valence-electron chi connectivity index (χ0n) is 6.96. The summed E-state index contributed by atoms with van der Waals surface area (Å²) in [6.45, 7) is 3.55. The van der Waals surface area contributed by atoms with Crippen molar-refractivity contribution in [2.75, 3.05) is 13.2 Å². The molecule has 4 heteroatoms. The third-order valence-corrected chi connectivity index (χ3v) is 1.32. The highest BCUT2D eigenvalue weighted by Crippen LogP contribution is 2.12. The van der Waals surface area contributed by atoms with Gasteiger partial charge in [-0.25, -0.2) is 0 Å². The fourth-order valence-corrected chi connectivity index (χ4v) is 0.608. The van der Waals surface area contributed by atoms with Crippen molar-refractivity contribution in [2.45, 2.75) is 25.9 Å². The number of ether oxygens (including phenoxy) is 1. The molecule has 0 fully saturated rings. The van der Waals surface area contributed by atoms with Gasteiger partial charge in [-0.2, -0.15) is 0 Å². The fourth-order valence-electron chi connectivity index (χ4n) is 0.608. The lowest BCUT2D eigenvalue weighted by atomic mass is 10.1. The summed E-state index contributed by atoms with van der Waals surface area (Å²) < 4.78 is 5.10. The highest BCUT2D eigenvalue weighted by atomic mass is 16.5. The molecular formula is C7H15NO3. The molecule has 11 heavy (non-hydrogen) atoms. The lowest BCUT2D eigenvalue weighted by Crippen LogP contribution is -2.31. The van der Waals surface area contributed by atoms with Crippen molar-refractivity contribution < 1.29 is 14.6 Å². The summed E-state index contributed by atoms with van der Waals surface area (Å²) in [5.41, 5.74) is 4.40. The number of hydrogen-bond donors (Lipinski definition) is 2. The van der Waals surface area contributed by atoms with E-state index in [0.29, 0.717) is 6.42 Å². The Bertz CT molecular complexity index is 134. The molecule has 0 aromatic carbocycles. The number of primary amides is 1. The van der Waals surface area contributed by atoms with E-state index in [1.54, 1.807) is 13.8 Å². The average molecular weight is 161 g/mol. The first-order valence-corrected chi connectivity index (χ1v) is 3.51. The maximum absolute atomic E-state index is 10.3. The van der Waals surface area contributed by atoms with Crippen LogP contribution in [0.15, 0.2) is 0 Å². The first-order chi connectivity index (χ1) is 4.98. The SMILES string of the molecule is CC(C)(CCO)OCC(N)=O. The molecule has 0 aromatic heterocycles. The zero-order chi connectivity index (χ0) is 8.91. The van der Waals surface area contributed by atoms with Gasteiger partial charge in [0.2, 0.25) is 5.91 Å². The molecule has 0 unspecified atom stereocenters. The summed E-state index contributed by atoms with van der Waals surface area (Å²) in [7, 11) is 0. The number of rotatable bonds is 5. The Morgan fingerprint density at radius 3 is 2.55 bits per heavy atom. The van der Waals surface area contributed by atoms with Gasteiger partial charge in [-0.3, -0.25) is 4.79 Å². The third kappa shape index (κ3) is 5.82. The molecule has 0 aliphatic rings. The van der Waals surface area contributed by atoms with Gasteiger partial charge in [-0.05, 0) is 20.3 Å². The molecule has 0 atom stereocenters. The topological polar surface area (TPSA) is 72.6 Å². The minimum absolute atomic E-state index is 0.0474. The highest BCUT2D eigenvalue weighted by molar-refractivity contribution is 5.75. The second kappa shape index (κ2) is 4.31. The minimum Gasteiger partial charge on any atom is -0.396 e. The van der Waals surface area contributed by atoms with Crippen LogP contribution in [0.2, 0.25) is 0 Å². The standard InChI is InChI=1S/C7H15NO3/c1-7(2,3-4-9)11-5-6(8)10/h9H,3-5H2,1-2H3,(H2,8,10). The molecule has 0 rings (SSSR count). The highest BCUT2D eigenvalue weighted by Gasteiger charge is 2.17. The number of aliphatic hydroxyl groups excluding tert-OH is 1. The van der Waals surface area contributed by atoms with Gasteiger partial charge < -0.3 is 15.6 Å². The van der Waals surface area contributed by atoms with E-state index in [0.717, 1.165) is 0 Å². The Labute approximate surface area is 66.3 Å². The maximum atomic E-state index is 10.3. The number of hydrogen-bond acceptors (Lipinski definition) is 3. The summed E-state index contributed by atoms with van der Waals surface area (Å²) in [6, 6.07) is 0. The largest absolute Gasteiger partial charge is 0.396 e. The smallest absolute Gasteiger partial charge is 0.243 e. The molecule has 66 valence electrons. The van der Waals surface area contributed by atoms with Crippen LogP contribution >= 0.6 is 0 Å². The van der Waals surface area contributed by atoms with Crippen molar-refractivity contribution in [3.05, 3.63) is 0 Å². The maximum Gasteiger partial charge on any atom is 0.243 e. The molecule has 3 N–H and O–H groups in total. The van der Waals surface area contributed by atoms with Crippen LogP contribution < -0.4 is 5.73 Å². The molecule has 0 heterocycles. The Hall–Kier alpha value is -0.610. The Morgan fingerprint density at radius 2 is 2.18 bits per heavy atom. The molecule has 0 aliphatic carbocycles. The van der Waals surface area contributed by atoms with Gasteiger partial charge in [0.15, 0.2) is 0 Å².